The zero-order chi connectivity index (χ0) is 21.5. The molecule has 0 aliphatic rings. The van der Waals surface area contributed by atoms with E-state index >= 15 is 0 Å². The summed E-state index contributed by atoms with van der Waals surface area (Å²) < 4.78 is 10.2. The number of esters is 1. The van der Waals surface area contributed by atoms with Gasteiger partial charge in [0, 0.05) is 15.8 Å². The maximum absolute atomic E-state index is 12.1. The third kappa shape index (κ3) is 6.08. The lowest BCUT2D eigenvalue weighted by atomic mass is 10.2. The highest BCUT2D eigenvalue weighted by atomic mass is 32.2. The molecule has 0 bridgehead atoms. The number of rotatable bonds is 8. The van der Waals surface area contributed by atoms with Crippen LogP contribution >= 0.6 is 23.1 Å². The molecule has 0 fully saturated rings. The molecule has 0 saturated heterocycles. The molecule has 156 valence electrons. The van der Waals surface area contributed by atoms with Crippen molar-refractivity contribution >= 4 is 40.1 Å². The predicted molar refractivity (Wildman–Crippen MR) is 120 cm³/mol. The zero-order valence-electron chi connectivity index (χ0n) is 16.9. The van der Waals surface area contributed by atoms with Crippen molar-refractivity contribution < 1.29 is 19.1 Å². The summed E-state index contributed by atoms with van der Waals surface area (Å²) in [4.78, 5) is 29.5. The van der Waals surface area contributed by atoms with Gasteiger partial charge >= 0.3 is 5.97 Å². The summed E-state index contributed by atoms with van der Waals surface area (Å²) in [6.45, 7) is 3.66. The molecular formula is C22H22N2O4S2. The largest absolute Gasteiger partial charge is 0.497 e. The molecule has 0 radical (unpaired) electrons. The van der Waals surface area contributed by atoms with E-state index in [0.29, 0.717) is 5.13 Å². The first-order valence-corrected chi connectivity index (χ1v) is 11.1. The van der Waals surface area contributed by atoms with Crippen molar-refractivity contribution in [2.45, 2.75) is 18.7 Å². The van der Waals surface area contributed by atoms with E-state index in [2.05, 4.69) is 10.3 Å². The van der Waals surface area contributed by atoms with Crippen LogP contribution in [0.1, 0.15) is 11.1 Å². The lowest BCUT2D eigenvalue weighted by Gasteiger charge is -2.07. The molecule has 0 saturated carbocycles. The summed E-state index contributed by atoms with van der Waals surface area (Å²) in [5, 5.41) is 4.96. The van der Waals surface area contributed by atoms with E-state index in [1.807, 2.05) is 61.7 Å². The highest BCUT2D eigenvalue weighted by Gasteiger charge is 2.12. The Balaban J connectivity index is 1.45. The second-order valence-corrected chi connectivity index (χ2v) is 8.41. The van der Waals surface area contributed by atoms with Gasteiger partial charge in [-0.1, -0.05) is 17.7 Å². The number of benzene rings is 2. The summed E-state index contributed by atoms with van der Waals surface area (Å²) in [7, 11) is 1.61. The van der Waals surface area contributed by atoms with Gasteiger partial charge in [0.15, 0.2) is 11.7 Å². The number of nitrogens with one attached hydrogen (secondary N) is 1. The van der Waals surface area contributed by atoms with Gasteiger partial charge in [-0.05, 0) is 49.7 Å². The Hall–Kier alpha value is -2.84. The van der Waals surface area contributed by atoms with Gasteiger partial charge in [-0.25, -0.2) is 4.98 Å². The fourth-order valence-corrected chi connectivity index (χ4v) is 4.23. The number of carbonyl (C=O) groups excluding carboxylic acids is 2. The number of hydrogen-bond acceptors (Lipinski definition) is 7. The Kier molecular flexibility index (Phi) is 7.48. The molecule has 3 aromatic rings. The first kappa shape index (κ1) is 21.9. The van der Waals surface area contributed by atoms with Crippen LogP contribution in [0.4, 0.5) is 5.13 Å². The molecule has 3 rings (SSSR count). The van der Waals surface area contributed by atoms with Gasteiger partial charge in [0.2, 0.25) is 0 Å². The van der Waals surface area contributed by atoms with Crippen LogP contribution in [0, 0.1) is 13.8 Å². The minimum Gasteiger partial charge on any atom is -0.497 e. The molecule has 30 heavy (non-hydrogen) atoms. The van der Waals surface area contributed by atoms with E-state index in [4.69, 9.17) is 9.47 Å². The number of ether oxygens (including phenoxy) is 2. The maximum atomic E-state index is 12.1. The molecule has 1 N–H and O–H groups in total. The first-order chi connectivity index (χ1) is 14.4. The van der Waals surface area contributed by atoms with E-state index in [0.717, 1.165) is 33.0 Å². The number of thioether (sulfide) groups is 1. The Morgan fingerprint density at radius 1 is 1.13 bits per heavy atom. The van der Waals surface area contributed by atoms with Crippen molar-refractivity contribution in [2.75, 3.05) is 24.8 Å². The molecule has 1 amide bonds. The molecule has 1 heterocycles. The smallest absolute Gasteiger partial charge is 0.316 e. The van der Waals surface area contributed by atoms with Gasteiger partial charge in [0.25, 0.3) is 5.91 Å². The van der Waals surface area contributed by atoms with Crippen LogP contribution in [-0.4, -0.2) is 36.3 Å². The van der Waals surface area contributed by atoms with Gasteiger partial charge in [0.1, 0.15) is 5.75 Å². The average Bonchev–Trinajstić information content (AvgIpc) is 3.21. The van der Waals surface area contributed by atoms with Crippen LogP contribution in [0.25, 0.3) is 11.3 Å². The van der Waals surface area contributed by atoms with Crippen LogP contribution in [-0.2, 0) is 14.3 Å². The molecule has 8 heteroatoms. The van der Waals surface area contributed by atoms with E-state index in [1.54, 1.807) is 7.11 Å². The molecule has 0 aliphatic carbocycles. The fourth-order valence-electron chi connectivity index (χ4n) is 2.57. The maximum Gasteiger partial charge on any atom is 0.316 e. The summed E-state index contributed by atoms with van der Waals surface area (Å²) in [5.41, 5.74) is 3.91. The van der Waals surface area contributed by atoms with Gasteiger partial charge < -0.3 is 9.47 Å². The van der Waals surface area contributed by atoms with Crippen molar-refractivity contribution in [2.24, 2.45) is 0 Å². The molecule has 0 aliphatic heterocycles. The minimum absolute atomic E-state index is 0.149. The fraction of sp³-hybridized carbons (Fsp3) is 0.227. The number of hydrogen-bond donors (Lipinski definition) is 1. The Labute approximate surface area is 183 Å². The van der Waals surface area contributed by atoms with Gasteiger partial charge in [-0.3, -0.25) is 14.9 Å². The van der Waals surface area contributed by atoms with Crippen molar-refractivity contribution in [1.82, 2.24) is 4.98 Å². The summed E-state index contributed by atoms with van der Waals surface area (Å²) >= 11 is 2.71. The number of nitrogens with zero attached hydrogens (tertiary/aromatic N) is 1. The Bertz CT molecular complexity index is 1030. The monoisotopic (exact) mass is 442 g/mol. The molecule has 1 aromatic heterocycles. The highest BCUT2D eigenvalue weighted by Crippen LogP contribution is 2.26. The molecular weight excluding hydrogens is 420 g/mol. The first-order valence-electron chi connectivity index (χ1n) is 9.20. The van der Waals surface area contributed by atoms with Crippen LogP contribution < -0.4 is 10.1 Å². The van der Waals surface area contributed by atoms with Crippen LogP contribution in [0.2, 0.25) is 0 Å². The molecule has 0 unspecified atom stereocenters. The second-order valence-electron chi connectivity index (χ2n) is 6.53. The third-order valence-electron chi connectivity index (χ3n) is 4.19. The lowest BCUT2D eigenvalue weighted by Crippen LogP contribution is -2.21. The highest BCUT2D eigenvalue weighted by molar-refractivity contribution is 8.00. The quantitative estimate of drug-likeness (QED) is 0.402. The summed E-state index contributed by atoms with van der Waals surface area (Å²) in [6.07, 6.45) is 0. The molecule has 0 spiro atoms. The minimum atomic E-state index is -0.436. The number of amides is 1. The van der Waals surface area contributed by atoms with Gasteiger partial charge in [0.05, 0.1) is 18.6 Å². The van der Waals surface area contributed by atoms with Gasteiger partial charge in [-0.2, -0.15) is 0 Å². The third-order valence-corrected chi connectivity index (χ3v) is 6.08. The molecule has 2 aromatic carbocycles. The Morgan fingerprint density at radius 2 is 1.90 bits per heavy atom. The van der Waals surface area contributed by atoms with Crippen molar-refractivity contribution in [3.63, 3.8) is 0 Å². The van der Waals surface area contributed by atoms with E-state index < -0.39 is 11.9 Å². The van der Waals surface area contributed by atoms with Crippen LogP contribution in [0.3, 0.4) is 0 Å². The van der Waals surface area contributed by atoms with Crippen molar-refractivity contribution in [3.8, 4) is 17.0 Å². The second kappa shape index (κ2) is 10.3. The average molecular weight is 443 g/mol. The topological polar surface area (TPSA) is 77.5 Å². The number of thiazole rings is 1. The number of aromatic nitrogens is 1. The Morgan fingerprint density at radius 3 is 2.63 bits per heavy atom. The zero-order valence-corrected chi connectivity index (χ0v) is 18.6. The molecule has 0 atom stereocenters. The summed E-state index contributed by atoms with van der Waals surface area (Å²) in [6, 6.07) is 13.6. The van der Waals surface area contributed by atoms with Crippen LogP contribution in [0.15, 0.2) is 52.7 Å². The number of aryl methyl sites for hydroxylation is 2. The van der Waals surface area contributed by atoms with E-state index in [9.17, 15) is 9.59 Å². The summed E-state index contributed by atoms with van der Waals surface area (Å²) in [5.74, 6) is 0.0565. The van der Waals surface area contributed by atoms with E-state index in [1.165, 1.54) is 23.1 Å². The van der Waals surface area contributed by atoms with Crippen molar-refractivity contribution in [3.05, 3.63) is 59.0 Å². The number of methoxy groups -OCH3 is 1. The SMILES string of the molecule is COc1ccc(-c2csc(NC(=O)COC(=O)CSc3cc(C)ccc3C)n2)cc1. The number of anilines is 1. The van der Waals surface area contributed by atoms with Crippen molar-refractivity contribution in [1.29, 1.82) is 0 Å². The normalized spacial score (nSPS) is 10.5. The number of carbonyl (C=O) groups is 2. The predicted octanol–water partition coefficient (Wildman–Crippen LogP) is 4.71. The van der Waals surface area contributed by atoms with Crippen LogP contribution in [0.5, 0.6) is 5.75 Å². The van der Waals surface area contributed by atoms with Gasteiger partial charge in [-0.15, -0.1) is 23.1 Å². The standard InChI is InChI=1S/C22H22N2O4S2/c1-14-4-5-15(2)19(10-14)29-13-21(26)28-11-20(25)24-22-23-18(12-30-22)16-6-8-17(27-3)9-7-16/h4-10,12H,11,13H2,1-3H3,(H,23,24,25). The molecule has 6 nitrogen and oxygen atoms in total. The lowest BCUT2D eigenvalue weighted by molar-refractivity contribution is -0.144. The van der Waals surface area contributed by atoms with E-state index in [-0.39, 0.29) is 12.4 Å².